The van der Waals surface area contributed by atoms with Crippen LogP contribution >= 0.6 is 0 Å². The molecule has 80 valence electrons. The molecule has 0 fully saturated rings. The summed E-state index contributed by atoms with van der Waals surface area (Å²) < 4.78 is 18.1. The maximum atomic E-state index is 13.3. The molecule has 1 rings (SSSR count). The predicted molar refractivity (Wildman–Crippen MR) is 59.5 cm³/mol. The third kappa shape index (κ3) is 2.88. The van der Waals surface area contributed by atoms with Crippen molar-refractivity contribution in [3.05, 3.63) is 24.0 Å². The summed E-state index contributed by atoms with van der Waals surface area (Å²) in [7, 11) is 1.43. The van der Waals surface area contributed by atoms with Gasteiger partial charge in [-0.2, -0.15) is 0 Å². The van der Waals surface area contributed by atoms with Crippen LogP contribution in [0.4, 0.5) is 10.1 Å². The fourth-order valence-electron chi connectivity index (χ4n) is 1.22. The van der Waals surface area contributed by atoms with E-state index in [2.05, 4.69) is 11.2 Å². The van der Waals surface area contributed by atoms with Gasteiger partial charge in [0, 0.05) is 11.8 Å². The second kappa shape index (κ2) is 5.26. The number of benzene rings is 1. The Balaban J connectivity index is 2.80. The van der Waals surface area contributed by atoms with Gasteiger partial charge in [-0.1, -0.05) is 12.8 Å². The number of hydrogen-bond donors (Lipinski definition) is 1. The van der Waals surface area contributed by atoms with Crippen LogP contribution in [0, 0.1) is 18.2 Å². The maximum Gasteiger partial charge on any atom is 0.167 e. The van der Waals surface area contributed by atoms with E-state index in [-0.39, 0.29) is 11.8 Å². The minimum atomic E-state index is -0.394. The van der Waals surface area contributed by atoms with Crippen LogP contribution in [0.25, 0.3) is 0 Å². The highest BCUT2D eigenvalue weighted by molar-refractivity contribution is 5.49. The van der Waals surface area contributed by atoms with Crippen LogP contribution in [0.3, 0.4) is 0 Å². The standard InChI is InChI=1S/C12H14FNO/c1-4-9(5-2)14-10-6-7-12(15-3)11(13)8-10/h1,6-9,14H,5H2,2-3H3. The Labute approximate surface area is 89.4 Å². The van der Waals surface area contributed by atoms with Gasteiger partial charge >= 0.3 is 0 Å². The van der Waals surface area contributed by atoms with Gasteiger partial charge in [0.1, 0.15) is 0 Å². The molecule has 0 bridgehead atoms. The number of halogens is 1. The van der Waals surface area contributed by atoms with Gasteiger partial charge in [0.05, 0.1) is 13.2 Å². The molecule has 15 heavy (non-hydrogen) atoms. The molecule has 3 heteroatoms. The van der Waals surface area contributed by atoms with Gasteiger partial charge in [-0.15, -0.1) is 6.42 Å². The molecular weight excluding hydrogens is 193 g/mol. The average molecular weight is 207 g/mol. The molecule has 0 heterocycles. The molecule has 1 unspecified atom stereocenters. The SMILES string of the molecule is C#CC(CC)Nc1ccc(OC)c(F)c1. The lowest BCUT2D eigenvalue weighted by Gasteiger charge is -2.12. The lowest BCUT2D eigenvalue weighted by molar-refractivity contribution is 0.386. The first kappa shape index (κ1) is 11.4. The lowest BCUT2D eigenvalue weighted by Crippen LogP contribution is -2.15. The quantitative estimate of drug-likeness (QED) is 0.766. The van der Waals surface area contributed by atoms with Gasteiger partial charge in [0.25, 0.3) is 0 Å². The number of terminal acetylenes is 1. The maximum absolute atomic E-state index is 13.3. The zero-order valence-electron chi connectivity index (χ0n) is 8.88. The van der Waals surface area contributed by atoms with E-state index in [1.165, 1.54) is 13.2 Å². The van der Waals surface area contributed by atoms with Gasteiger partial charge in [-0.25, -0.2) is 4.39 Å². The molecule has 0 aliphatic heterocycles. The molecular formula is C12H14FNO. The van der Waals surface area contributed by atoms with E-state index >= 15 is 0 Å². The van der Waals surface area contributed by atoms with Crippen molar-refractivity contribution in [1.82, 2.24) is 0 Å². The van der Waals surface area contributed by atoms with Crippen molar-refractivity contribution < 1.29 is 9.13 Å². The van der Waals surface area contributed by atoms with E-state index in [0.717, 1.165) is 6.42 Å². The van der Waals surface area contributed by atoms with E-state index in [9.17, 15) is 4.39 Å². The minimum Gasteiger partial charge on any atom is -0.494 e. The van der Waals surface area contributed by atoms with Crippen LogP contribution in [0.2, 0.25) is 0 Å². The van der Waals surface area contributed by atoms with Crippen molar-refractivity contribution in [2.75, 3.05) is 12.4 Å². The normalized spacial score (nSPS) is 11.6. The molecule has 0 saturated carbocycles. The van der Waals surface area contributed by atoms with Crippen LogP contribution in [-0.4, -0.2) is 13.2 Å². The largest absolute Gasteiger partial charge is 0.494 e. The second-order valence-corrected chi connectivity index (χ2v) is 3.12. The Morgan fingerprint density at radius 3 is 2.80 bits per heavy atom. The molecule has 1 N–H and O–H groups in total. The summed E-state index contributed by atoms with van der Waals surface area (Å²) in [6.45, 7) is 1.97. The Morgan fingerprint density at radius 1 is 1.60 bits per heavy atom. The van der Waals surface area contributed by atoms with Crippen LogP contribution in [0.1, 0.15) is 13.3 Å². The van der Waals surface area contributed by atoms with Crippen molar-refractivity contribution >= 4 is 5.69 Å². The molecule has 1 aromatic carbocycles. The van der Waals surface area contributed by atoms with Crippen LogP contribution in [-0.2, 0) is 0 Å². The molecule has 2 nitrogen and oxygen atoms in total. The Hall–Kier alpha value is -1.69. The zero-order valence-corrected chi connectivity index (χ0v) is 8.88. The number of anilines is 1. The first-order valence-electron chi connectivity index (χ1n) is 4.77. The molecule has 0 aliphatic carbocycles. The molecule has 0 aromatic heterocycles. The van der Waals surface area contributed by atoms with E-state index in [4.69, 9.17) is 11.2 Å². The smallest absolute Gasteiger partial charge is 0.167 e. The number of ether oxygens (including phenoxy) is 1. The van der Waals surface area contributed by atoms with Crippen molar-refractivity contribution in [1.29, 1.82) is 0 Å². The summed E-state index contributed by atoms with van der Waals surface area (Å²) >= 11 is 0. The molecule has 0 amide bonds. The highest BCUT2D eigenvalue weighted by atomic mass is 19.1. The minimum absolute atomic E-state index is 0.0715. The third-order valence-electron chi connectivity index (χ3n) is 2.10. The van der Waals surface area contributed by atoms with Gasteiger partial charge in [0.15, 0.2) is 11.6 Å². The molecule has 1 aromatic rings. The van der Waals surface area contributed by atoms with Crippen molar-refractivity contribution in [3.8, 4) is 18.1 Å². The summed E-state index contributed by atoms with van der Waals surface area (Å²) in [5.74, 6) is 2.42. The van der Waals surface area contributed by atoms with Crippen LogP contribution in [0.15, 0.2) is 18.2 Å². The Kier molecular flexibility index (Phi) is 3.99. The van der Waals surface area contributed by atoms with Crippen LogP contribution < -0.4 is 10.1 Å². The summed E-state index contributed by atoms with van der Waals surface area (Å²) in [5, 5.41) is 3.04. The summed E-state index contributed by atoms with van der Waals surface area (Å²) in [5.41, 5.74) is 0.665. The van der Waals surface area contributed by atoms with E-state index in [1.54, 1.807) is 12.1 Å². The fourth-order valence-corrected chi connectivity index (χ4v) is 1.22. The van der Waals surface area contributed by atoms with Gasteiger partial charge in [-0.05, 0) is 18.6 Å². The predicted octanol–water partition coefficient (Wildman–Crippen LogP) is 2.66. The van der Waals surface area contributed by atoms with Crippen LogP contribution in [0.5, 0.6) is 5.75 Å². The molecule has 0 saturated heterocycles. The van der Waals surface area contributed by atoms with Gasteiger partial charge in [-0.3, -0.25) is 0 Å². The summed E-state index contributed by atoms with van der Waals surface area (Å²) in [4.78, 5) is 0. The highest BCUT2D eigenvalue weighted by Gasteiger charge is 2.05. The van der Waals surface area contributed by atoms with E-state index in [0.29, 0.717) is 5.69 Å². The average Bonchev–Trinajstić information content (AvgIpc) is 2.26. The fraction of sp³-hybridized carbons (Fsp3) is 0.333. The van der Waals surface area contributed by atoms with Gasteiger partial charge in [0.2, 0.25) is 0 Å². The Morgan fingerprint density at radius 2 is 2.33 bits per heavy atom. The Bertz CT molecular complexity index is 370. The highest BCUT2D eigenvalue weighted by Crippen LogP contribution is 2.21. The molecule has 0 aliphatic rings. The van der Waals surface area contributed by atoms with Gasteiger partial charge < -0.3 is 10.1 Å². The first-order valence-corrected chi connectivity index (χ1v) is 4.77. The molecule has 0 radical (unpaired) electrons. The number of rotatable bonds is 4. The van der Waals surface area contributed by atoms with E-state index in [1.807, 2.05) is 6.92 Å². The lowest BCUT2D eigenvalue weighted by atomic mass is 10.2. The number of nitrogens with one attached hydrogen (secondary N) is 1. The number of hydrogen-bond acceptors (Lipinski definition) is 2. The van der Waals surface area contributed by atoms with E-state index < -0.39 is 5.82 Å². The topological polar surface area (TPSA) is 21.3 Å². The third-order valence-corrected chi connectivity index (χ3v) is 2.10. The summed E-state index contributed by atoms with van der Waals surface area (Å²) in [6, 6.07) is 4.61. The second-order valence-electron chi connectivity index (χ2n) is 3.12. The first-order chi connectivity index (χ1) is 7.21. The van der Waals surface area contributed by atoms with Crippen molar-refractivity contribution in [3.63, 3.8) is 0 Å². The monoisotopic (exact) mass is 207 g/mol. The summed E-state index contributed by atoms with van der Waals surface area (Å²) in [6.07, 6.45) is 6.09. The number of methoxy groups -OCH3 is 1. The van der Waals surface area contributed by atoms with Crippen molar-refractivity contribution in [2.45, 2.75) is 19.4 Å². The van der Waals surface area contributed by atoms with Crippen molar-refractivity contribution in [2.24, 2.45) is 0 Å². The zero-order chi connectivity index (χ0) is 11.3. The molecule has 0 spiro atoms. The molecule has 1 atom stereocenters.